The number of ether oxygens (including phenoxy) is 2. The Hall–Kier alpha value is -2.24. The number of fused-ring (bicyclic) bond motifs is 3. The maximum atomic E-state index is 12.9. The second kappa shape index (κ2) is 10.4. The summed E-state index contributed by atoms with van der Waals surface area (Å²) in [6, 6.07) is 0.655. The van der Waals surface area contributed by atoms with Crippen molar-refractivity contribution in [2.45, 2.75) is 113 Å². The number of aromatic nitrogens is 3. The summed E-state index contributed by atoms with van der Waals surface area (Å²) in [5.41, 5.74) is 1.60. The van der Waals surface area contributed by atoms with Gasteiger partial charge in [-0.25, -0.2) is 15.0 Å². The normalized spacial score (nSPS) is 31.2. The van der Waals surface area contributed by atoms with Crippen molar-refractivity contribution in [3.63, 3.8) is 0 Å². The molecule has 1 saturated carbocycles. The molecular weight excluding hydrogens is 499 g/mol. The van der Waals surface area contributed by atoms with E-state index in [0.717, 1.165) is 44.5 Å². The molecule has 4 atom stereocenters. The molecular formula is C27H36F3N5O3. The lowest BCUT2D eigenvalue weighted by molar-refractivity contribution is -0.136. The van der Waals surface area contributed by atoms with Crippen LogP contribution in [0.5, 0.6) is 5.88 Å². The largest absolute Gasteiger partial charge is 0.474 e. The summed E-state index contributed by atoms with van der Waals surface area (Å²) in [7, 11) is 0. The molecule has 0 aromatic carbocycles. The number of nitrogens with zero attached hydrogens (tertiary/aromatic N) is 4. The van der Waals surface area contributed by atoms with E-state index < -0.39 is 18.6 Å². The molecule has 11 heteroatoms. The highest BCUT2D eigenvalue weighted by molar-refractivity contribution is 5.86. The van der Waals surface area contributed by atoms with Gasteiger partial charge in [-0.1, -0.05) is 0 Å². The molecule has 3 saturated heterocycles. The lowest BCUT2D eigenvalue weighted by Crippen LogP contribution is -2.57. The quantitative estimate of drug-likeness (QED) is 0.533. The Balaban J connectivity index is 1.26. The second-order valence-corrected chi connectivity index (χ2v) is 11.6. The first kappa shape index (κ1) is 26.0. The van der Waals surface area contributed by atoms with Gasteiger partial charge in [0, 0.05) is 36.1 Å². The van der Waals surface area contributed by atoms with Gasteiger partial charge in [0.05, 0.1) is 42.7 Å². The van der Waals surface area contributed by atoms with E-state index in [2.05, 4.69) is 15.2 Å². The summed E-state index contributed by atoms with van der Waals surface area (Å²) in [6.45, 7) is 3.11. The molecule has 1 aliphatic carbocycles. The zero-order valence-corrected chi connectivity index (χ0v) is 21.7. The third kappa shape index (κ3) is 5.42. The Morgan fingerprint density at radius 2 is 1.76 bits per heavy atom. The summed E-state index contributed by atoms with van der Waals surface area (Å²) in [4.78, 5) is 16.4. The van der Waals surface area contributed by atoms with Crippen molar-refractivity contribution in [1.29, 1.82) is 0 Å². The standard InChI is InChI=1S/C27H36F3N5O3/c1-15(10-27(28,29)30)33-26-32-12-23-24(34-26)22(16-2-6-20(36)7-3-16)11-31-25(23)38-21-8-17-4-5-18(9-21)35(17)19-13-37-14-19/h11-12,15-21,36H,2-10,13-14H2,1H3,(H,32,33,34)/t15-,16-,17-,18+,20-,21-/m0/s1. The molecule has 2 bridgehead atoms. The monoisotopic (exact) mass is 535 g/mol. The van der Waals surface area contributed by atoms with E-state index in [4.69, 9.17) is 19.4 Å². The number of nitrogens with one attached hydrogen (secondary N) is 1. The molecule has 38 heavy (non-hydrogen) atoms. The minimum absolute atomic E-state index is 0.0423. The van der Waals surface area contributed by atoms with Gasteiger partial charge in [0.1, 0.15) is 6.10 Å². The van der Waals surface area contributed by atoms with Gasteiger partial charge < -0.3 is 19.9 Å². The lowest BCUT2D eigenvalue weighted by atomic mass is 9.83. The van der Waals surface area contributed by atoms with Crippen LogP contribution in [0.2, 0.25) is 0 Å². The van der Waals surface area contributed by atoms with Crippen LogP contribution in [0.25, 0.3) is 10.9 Å². The third-order valence-electron chi connectivity index (χ3n) is 8.73. The van der Waals surface area contributed by atoms with Crippen LogP contribution in [0.3, 0.4) is 0 Å². The Labute approximate surface area is 220 Å². The van der Waals surface area contributed by atoms with Gasteiger partial charge in [-0.05, 0) is 64.2 Å². The van der Waals surface area contributed by atoms with Gasteiger partial charge in [0.15, 0.2) is 0 Å². The van der Waals surface area contributed by atoms with E-state index in [-0.39, 0.29) is 24.1 Å². The van der Waals surface area contributed by atoms with Gasteiger partial charge in [-0.2, -0.15) is 13.2 Å². The highest BCUT2D eigenvalue weighted by atomic mass is 19.4. The van der Waals surface area contributed by atoms with Crippen molar-refractivity contribution >= 4 is 16.9 Å². The van der Waals surface area contributed by atoms with E-state index in [1.807, 2.05) is 6.20 Å². The summed E-state index contributed by atoms with van der Waals surface area (Å²) in [5.74, 6) is 0.818. The number of alkyl halides is 3. The molecule has 4 fully saturated rings. The predicted octanol–water partition coefficient (Wildman–Crippen LogP) is 4.57. The smallest absolute Gasteiger partial charge is 0.391 e. The van der Waals surface area contributed by atoms with Gasteiger partial charge in [-0.3, -0.25) is 4.90 Å². The molecule has 3 aliphatic heterocycles. The van der Waals surface area contributed by atoms with E-state index >= 15 is 0 Å². The van der Waals surface area contributed by atoms with E-state index in [1.165, 1.54) is 19.8 Å². The first-order chi connectivity index (χ1) is 18.2. The Kier molecular flexibility index (Phi) is 7.11. The SMILES string of the molecule is C[C@@H](CC(F)(F)F)Nc1ncc2c(O[C@@H]3C[C@H]4CC[C@@H](C3)N4C3COC3)ncc([C@H]3CC[C@H](O)CC3)c2n1. The Morgan fingerprint density at radius 1 is 1.05 bits per heavy atom. The molecule has 0 unspecified atom stereocenters. The van der Waals surface area contributed by atoms with Crippen LogP contribution in [0.15, 0.2) is 12.4 Å². The molecule has 0 amide bonds. The number of pyridine rings is 1. The number of anilines is 1. The van der Waals surface area contributed by atoms with Crippen LogP contribution in [-0.4, -0.2) is 80.7 Å². The summed E-state index contributed by atoms with van der Waals surface area (Å²) < 4.78 is 50.6. The number of aliphatic hydroxyl groups is 1. The van der Waals surface area contributed by atoms with Crippen molar-refractivity contribution < 1.29 is 27.8 Å². The predicted molar refractivity (Wildman–Crippen MR) is 135 cm³/mol. The molecule has 2 aromatic heterocycles. The highest BCUT2D eigenvalue weighted by Gasteiger charge is 2.46. The molecule has 0 spiro atoms. The molecule has 5 heterocycles. The van der Waals surface area contributed by atoms with Crippen LogP contribution < -0.4 is 10.1 Å². The average molecular weight is 536 g/mol. The molecule has 8 nitrogen and oxygen atoms in total. The zero-order valence-electron chi connectivity index (χ0n) is 21.7. The van der Waals surface area contributed by atoms with Crippen LogP contribution in [0.4, 0.5) is 19.1 Å². The van der Waals surface area contributed by atoms with Crippen molar-refractivity contribution in [2.24, 2.45) is 0 Å². The maximum absolute atomic E-state index is 12.9. The van der Waals surface area contributed by atoms with Crippen LogP contribution in [0.1, 0.15) is 76.2 Å². The number of piperidine rings is 1. The molecule has 2 N–H and O–H groups in total. The van der Waals surface area contributed by atoms with Crippen LogP contribution in [-0.2, 0) is 4.74 Å². The molecule has 0 radical (unpaired) electrons. The third-order valence-corrected chi connectivity index (χ3v) is 8.73. The second-order valence-electron chi connectivity index (χ2n) is 11.6. The van der Waals surface area contributed by atoms with E-state index in [1.54, 1.807) is 6.20 Å². The number of halogens is 3. The average Bonchev–Trinajstić information content (AvgIpc) is 3.06. The molecule has 208 valence electrons. The minimum Gasteiger partial charge on any atom is -0.474 e. The zero-order chi connectivity index (χ0) is 26.4. The molecule has 2 aromatic rings. The lowest BCUT2D eigenvalue weighted by Gasteiger charge is -2.46. The van der Waals surface area contributed by atoms with E-state index in [9.17, 15) is 18.3 Å². The topological polar surface area (TPSA) is 92.6 Å². The van der Waals surface area contributed by atoms with Gasteiger partial charge in [0.2, 0.25) is 11.8 Å². The van der Waals surface area contributed by atoms with Crippen molar-refractivity contribution in [1.82, 2.24) is 19.9 Å². The van der Waals surface area contributed by atoms with Crippen molar-refractivity contribution in [3.05, 3.63) is 18.0 Å². The number of rotatable bonds is 7. The fourth-order valence-electron chi connectivity index (χ4n) is 6.89. The fraction of sp³-hybridized carbons (Fsp3) is 0.741. The summed E-state index contributed by atoms with van der Waals surface area (Å²) >= 11 is 0. The first-order valence-electron chi connectivity index (χ1n) is 13.9. The highest BCUT2D eigenvalue weighted by Crippen LogP contribution is 2.42. The minimum atomic E-state index is -4.27. The fourth-order valence-corrected chi connectivity index (χ4v) is 6.89. The molecule has 4 aliphatic rings. The van der Waals surface area contributed by atoms with Crippen LogP contribution >= 0.6 is 0 Å². The number of aliphatic hydroxyl groups excluding tert-OH is 1. The van der Waals surface area contributed by atoms with E-state index in [0.29, 0.717) is 47.8 Å². The van der Waals surface area contributed by atoms with Crippen molar-refractivity contribution in [2.75, 3.05) is 18.5 Å². The van der Waals surface area contributed by atoms with Crippen LogP contribution in [0, 0.1) is 0 Å². The van der Waals surface area contributed by atoms with Gasteiger partial charge >= 0.3 is 6.18 Å². The van der Waals surface area contributed by atoms with Gasteiger partial charge in [-0.15, -0.1) is 0 Å². The summed E-state index contributed by atoms with van der Waals surface area (Å²) in [6.07, 6.45) is 5.20. The Morgan fingerprint density at radius 3 is 2.39 bits per heavy atom. The summed E-state index contributed by atoms with van der Waals surface area (Å²) in [5, 5.41) is 13.5. The number of hydrogen-bond donors (Lipinski definition) is 2. The first-order valence-corrected chi connectivity index (χ1v) is 13.9. The molecule has 6 rings (SSSR count). The van der Waals surface area contributed by atoms with Crippen molar-refractivity contribution in [3.8, 4) is 5.88 Å². The maximum Gasteiger partial charge on any atom is 0.391 e. The Bertz CT molecular complexity index is 1120. The number of hydrogen-bond acceptors (Lipinski definition) is 8. The van der Waals surface area contributed by atoms with Gasteiger partial charge in [0.25, 0.3) is 0 Å².